The average Bonchev–Trinajstić information content (AvgIpc) is 3.84. The lowest BCUT2D eigenvalue weighted by Crippen LogP contribution is -2.42. The number of rotatable bonds is 6. The Labute approximate surface area is 339 Å². The third-order valence-electron chi connectivity index (χ3n) is 9.71. The fourth-order valence-corrected chi connectivity index (χ4v) is 6.61. The largest absolute Gasteiger partial charge is 0.468 e. The highest BCUT2D eigenvalue weighted by molar-refractivity contribution is 6.01. The van der Waals surface area contributed by atoms with Gasteiger partial charge in [0.05, 0.1) is 47.8 Å². The molecule has 0 radical (unpaired) electrons. The standard InChI is InChI=1S/C21H23N5O3.C16H13FN4O.C5H11NO2/c1-11-18(26-21(2,3)20(28)29-4)25-17-12(6-5-7-15(17)23-11)16-10-13-14(24-16)8-9-22-19(13)27;1-8-15(17)21-14-9(3-2-4-12(14)19-8)13-7-10-11(20-13)5-6-18-16(10)22;1-5(2,6)4(7)8-3/h5-7,10,24H,8-9H2,1-4H3,(H,22,27)(H,25,26);2-4,7,20H,5-6H2,1H3,(H,18,22);6H2,1-3H3. The van der Waals surface area contributed by atoms with Crippen LogP contribution in [-0.2, 0) is 31.9 Å². The zero-order chi connectivity index (χ0) is 42.8. The van der Waals surface area contributed by atoms with Crippen molar-refractivity contribution in [2.75, 3.05) is 32.6 Å². The van der Waals surface area contributed by atoms with Gasteiger partial charge in [0, 0.05) is 59.8 Å². The molecule has 4 aromatic heterocycles. The van der Waals surface area contributed by atoms with Gasteiger partial charge in [-0.15, -0.1) is 0 Å². The van der Waals surface area contributed by atoms with Gasteiger partial charge in [-0.2, -0.15) is 4.39 Å². The number of nitrogens with zero attached hydrogens (tertiary/aromatic N) is 4. The third-order valence-corrected chi connectivity index (χ3v) is 9.71. The van der Waals surface area contributed by atoms with Crippen LogP contribution in [0.25, 0.3) is 44.6 Å². The highest BCUT2D eigenvalue weighted by atomic mass is 19.1. The summed E-state index contributed by atoms with van der Waals surface area (Å²) in [6.45, 7) is 11.3. The number of fused-ring (bicyclic) bond motifs is 4. The van der Waals surface area contributed by atoms with Gasteiger partial charge in [-0.1, -0.05) is 24.3 Å². The van der Waals surface area contributed by atoms with Crippen molar-refractivity contribution in [3.8, 4) is 22.5 Å². The first kappa shape index (κ1) is 41.9. The lowest BCUT2D eigenvalue weighted by molar-refractivity contribution is -0.146. The Balaban J connectivity index is 0.000000172. The van der Waals surface area contributed by atoms with Crippen molar-refractivity contribution in [1.82, 2.24) is 40.5 Å². The second-order valence-corrected chi connectivity index (χ2v) is 15.2. The van der Waals surface area contributed by atoms with E-state index < -0.39 is 29.0 Å². The Bertz CT molecular complexity index is 2610. The number of hydrogen-bond donors (Lipinski definition) is 6. The Morgan fingerprint density at radius 3 is 1.63 bits per heavy atom. The number of halogens is 1. The van der Waals surface area contributed by atoms with Crippen LogP contribution in [0.2, 0.25) is 0 Å². The molecule has 0 saturated heterocycles. The van der Waals surface area contributed by atoms with Crippen LogP contribution < -0.4 is 21.7 Å². The summed E-state index contributed by atoms with van der Waals surface area (Å²) >= 11 is 0. The molecule has 8 rings (SSSR count). The highest BCUT2D eigenvalue weighted by Crippen LogP contribution is 2.32. The molecule has 2 aliphatic heterocycles. The summed E-state index contributed by atoms with van der Waals surface area (Å²) in [4.78, 5) is 70.9. The molecule has 16 nitrogen and oxygen atoms in total. The number of methoxy groups -OCH3 is 2. The molecule has 2 aromatic carbocycles. The number of carbonyl (C=O) groups is 4. The van der Waals surface area contributed by atoms with Crippen molar-refractivity contribution >= 4 is 51.6 Å². The lowest BCUT2D eigenvalue weighted by atomic mass is 10.1. The summed E-state index contributed by atoms with van der Waals surface area (Å²) in [6, 6.07) is 14.9. The van der Waals surface area contributed by atoms with Crippen LogP contribution in [0.3, 0.4) is 0 Å². The molecular weight excluding hydrogens is 760 g/mol. The number of aromatic amines is 2. The Kier molecular flexibility index (Phi) is 11.8. The number of H-pyrrole nitrogens is 2. The second kappa shape index (κ2) is 16.6. The predicted octanol–water partition coefficient (Wildman–Crippen LogP) is 4.84. The number of aromatic nitrogens is 6. The molecule has 0 saturated carbocycles. The van der Waals surface area contributed by atoms with E-state index in [9.17, 15) is 23.6 Å². The molecule has 2 amide bonds. The molecule has 0 unspecified atom stereocenters. The first-order chi connectivity index (χ1) is 27.9. The molecule has 0 fully saturated rings. The number of esters is 2. The summed E-state index contributed by atoms with van der Waals surface area (Å²) in [5.74, 6) is -1.01. The number of para-hydroxylation sites is 2. The summed E-state index contributed by atoms with van der Waals surface area (Å²) in [6.07, 6.45) is 1.52. The molecule has 17 heteroatoms. The molecular formula is C42H47FN10O6. The number of nitrogens with one attached hydrogen (secondary N) is 5. The maximum Gasteiger partial charge on any atom is 0.330 e. The predicted molar refractivity (Wildman–Crippen MR) is 220 cm³/mol. The molecule has 2 aliphatic rings. The first-order valence-electron chi connectivity index (χ1n) is 18.9. The van der Waals surface area contributed by atoms with Crippen LogP contribution >= 0.6 is 0 Å². The second-order valence-electron chi connectivity index (χ2n) is 15.2. The quantitative estimate of drug-likeness (QED) is 0.124. The topological polar surface area (TPSA) is 232 Å². The number of carbonyl (C=O) groups excluding carboxylic acids is 4. The van der Waals surface area contributed by atoms with Crippen molar-refractivity contribution in [3.05, 3.63) is 88.4 Å². The van der Waals surface area contributed by atoms with Crippen molar-refractivity contribution in [2.45, 2.75) is 65.5 Å². The fourth-order valence-electron chi connectivity index (χ4n) is 6.61. The van der Waals surface area contributed by atoms with E-state index in [0.29, 0.717) is 52.3 Å². The van der Waals surface area contributed by atoms with Crippen molar-refractivity contribution in [1.29, 1.82) is 0 Å². The van der Waals surface area contributed by atoms with Crippen LogP contribution in [0.4, 0.5) is 10.2 Å². The normalized spacial score (nSPS) is 13.5. The zero-order valence-corrected chi connectivity index (χ0v) is 34.1. The molecule has 7 N–H and O–H groups in total. The molecule has 6 heterocycles. The van der Waals surface area contributed by atoms with Crippen LogP contribution in [0.1, 0.15) is 71.2 Å². The van der Waals surface area contributed by atoms with Crippen LogP contribution in [0, 0.1) is 19.8 Å². The Morgan fingerprint density at radius 1 is 0.712 bits per heavy atom. The van der Waals surface area contributed by atoms with E-state index in [1.807, 2.05) is 43.3 Å². The molecule has 0 bridgehead atoms. The number of nitrogens with two attached hydrogens (primary N) is 1. The maximum atomic E-state index is 13.8. The van der Waals surface area contributed by atoms with Gasteiger partial charge < -0.3 is 41.1 Å². The summed E-state index contributed by atoms with van der Waals surface area (Å²) in [7, 11) is 2.67. The zero-order valence-electron chi connectivity index (χ0n) is 34.1. The van der Waals surface area contributed by atoms with Gasteiger partial charge in [-0.3, -0.25) is 14.4 Å². The molecule has 0 spiro atoms. The van der Waals surface area contributed by atoms with E-state index in [1.165, 1.54) is 14.2 Å². The van der Waals surface area contributed by atoms with E-state index in [0.717, 1.165) is 52.3 Å². The van der Waals surface area contributed by atoms with Crippen LogP contribution in [0.15, 0.2) is 48.5 Å². The minimum Gasteiger partial charge on any atom is -0.468 e. The Morgan fingerprint density at radius 2 is 1.19 bits per heavy atom. The first-order valence-corrected chi connectivity index (χ1v) is 18.9. The summed E-state index contributed by atoms with van der Waals surface area (Å²) < 4.78 is 23.0. The van der Waals surface area contributed by atoms with Gasteiger partial charge in [0.1, 0.15) is 27.9 Å². The summed E-state index contributed by atoms with van der Waals surface area (Å²) in [5.41, 5.74) is 13.3. The van der Waals surface area contributed by atoms with E-state index in [4.69, 9.17) is 15.5 Å². The van der Waals surface area contributed by atoms with Crippen LogP contribution in [-0.4, -0.2) is 92.0 Å². The minimum absolute atomic E-state index is 0.0712. The van der Waals surface area contributed by atoms with Gasteiger partial charge in [0.2, 0.25) is 5.95 Å². The van der Waals surface area contributed by atoms with Crippen molar-refractivity contribution in [2.24, 2.45) is 5.73 Å². The van der Waals surface area contributed by atoms with Crippen LogP contribution in [0.5, 0.6) is 0 Å². The fraction of sp³-hybridized carbons (Fsp3) is 0.333. The molecule has 0 aliphatic carbocycles. The van der Waals surface area contributed by atoms with Gasteiger partial charge >= 0.3 is 11.9 Å². The van der Waals surface area contributed by atoms with Crippen molar-refractivity contribution in [3.63, 3.8) is 0 Å². The van der Waals surface area contributed by atoms with E-state index >= 15 is 0 Å². The molecule has 0 atom stereocenters. The maximum absolute atomic E-state index is 13.8. The number of amides is 2. The SMILES string of the molecule is COC(=O)C(C)(C)N.COC(=O)C(C)(C)Nc1nc2c(-c3cc4c([nH]3)CCNC4=O)cccc2nc1C.Cc1nc2cccc(-c3cc4c([nH]3)CCNC4=O)c2nc1F. The molecule has 6 aromatic rings. The van der Waals surface area contributed by atoms with Gasteiger partial charge in [0.15, 0.2) is 0 Å². The molecule has 308 valence electrons. The monoisotopic (exact) mass is 806 g/mol. The number of aryl methyl sites for hydroxylation is 2. The number of benzene rings is 2. The molecule has 59 heavy (non-hydrogen) atoms. The van der Waals surface area contributed by atoms with Gasteiger partial charge in [0.25, 0.3) is 11.8 Å². The minimum atomic E-state index is -0.958. The van der Waals surface area contributed by atoms with Crippen molar-refractivity contribution < 1.29 is 33.0 Å². The lowest BCUT2D eigenvalue weighted by Gasteiger charge is -2.24. The van der Waals surface area contributed by atoms with Gasteiger partial charge in [-0.05, 0) is 65.8 Å². The number of hydrogen-bond acceptors (Lipinski definition) is 12. The van der Waals surface area contributed by atoms with E-state index in [1.54, 1.807) is 46.8 Å². The van der Waals surface area contributed by atoms with E-state index in [-0.39, 0.29) is 17.5 Å². The number of anilines is 1. The van der Waals surface area contributed by atoms with Gasteiger partial charge in [-0.25, -0.2) is 24.7 Å². The highest BCUT2D eigenvalue weighted by Gasteiger charge is 2.30. The Hall–Kier alpha value is -6.75. The van der Waals surface area contributed by atoms with E-state index in [2.05, 4.69) is 45.6 Å². The summed E-state index contributed by atoms with van der Waals surface area (Å²) in [5, 5.41) is 8.81. The smallest absolute Gasteiger partial charge is 0.330 e. The average molecular weight is 807 g/mol. The third kappa shape index (κ3) is 8.89. The number of ether oxygens (including phenoxy) is 2.